The molecule has 4 atom stereocenters. The van der Waals surface area contributed by atoms with E-state index in [1.54, 1.807) is 11.8 Å². The summed E-state index contributed by atoms with van der Waals surface area (Å²) in [6.45, 7) is 3.59. The van der Waals surface area contributed by atoms with Crippen molar-refractivity contribution in [3.05, 3.63) is 23.2 Å². The van der Waals surface area contributed by atoms with Crippen LogP contribution in [0.3, 0.4) is 0 Å². The number of esters is 2. The Morgan fingerprint density at radius 3 is 2.81 bits per heavy atom. The van der Waals surface area contributed by atoms with E-state index in [1.807, 2.05) is 5.38 Å². The fourth-order valence-electron chi connectivity index (χ4n) is 5.70. The maximum absolute atomic E-state index is 12.9. The number of allylic oxidation sites excluding steroid dienone is 1. The lowest BCUT2D eigenvalue weighted by atomic mass is 9.80. The molecule has 0 radical (unpaired) electrons. The smallest absolute Gasteiger partial charge is 0.358 e. The molecule has 3 aliphatic rings. The van der Waals surface area contributed by atoms with Crippen molar-refractivity contribution in [2.24, 2.45) is 17.8 Å². The molecule has 2 fully saturated rings. The summed E-state index contributed by atoms with van der Waals surface area (Å²) in [6, 6.07) is 0. The SMILES string of the molecule is CC(=O)O[C@H]1CC[C@@H]2/C=C/C[C@@](C)(CC3CCCCC3)OC(=O)c3csc(n3)SCC[C@@H]12. The van der Waals surface area contributed by atoms with Gasteiger partial charge in [-0.1, -0.05) is 56.0 Å². The summed E-state index contributed by atoms with van der Waals surface area (Å²) in [5.74, 6) is 1.74. The van der Waals surface area contributed by atoms with E-state index in [4.69, 9.17) is 9.47 Å². The van der Waals surface area contributed by atoms with Crippen LogP contribution in [0, 0.1) is 17.8 Å². The molecule has 1 aliphatic heterocycles. The van der Waals surface area contributed by atoms with Crippen LogP contribution in [0.15, 0.2) is 21.9 Å². The minimum Gasteiger partial charge on any atom is -0.462 e. The van der Waals surface area contributed by atoms with Crippen molar-refractivity contribution >= 4 is 35.0 Å². The van der Waals surface area contributed by atoms with Gasteiger partial charge in [-0.25, -0.2) is 9.78 Å². The van der Waals surface area contributed by atoms with Crippen LogP contribution in [0.25, 0.3) is 0 Å². The molecule has 0 unspecified atom stereocenters. The number of cyclic esters (lactones) is 1. The summed E-state index contributed by atoms with van der Waals surface area (Å²) in [5, 5.41) is 1.82. The van der Waals surface area contributed by atoms with E-state index in [2.05, 4.69) is 24.1 Å². The molecule has 0 saturated heterocycles. The Morgan fingerprint density at radius 1 is 1.22 bits per heavy atom. The molecule has 1 aromatic rings. The van der Waals surface area contributed by atoms with Crippen LogP contribution in [0.2, 0.25) is 0 Å². The second-order valence-electron chi connectivity index (χ2n) is 9.87. The quantitative estimate of drug-likeness (QED) is 0.369. The Morgan fingerprint density at radius 2 is 2.03 bits per heavy atom. The highest BCUT2D eigenvalue weighted by Crippen LogP contribution is 2.40. The molecule has 32 heavy (non-hydrogen) atoms. The lowest BCUT2D eigenvalue weighted by Crippen LogP contribution is -2.34. The molecule has 1 aromatic heterocycles. The predicted molar refractivity (Wildman–Crippen MR) is 128 cm³/mol. The number of ether oxygens (including phenoxy) is 2. The van der Waals surface area contributed by atoms with Crippen molar-refractivity contribution in [3.63, 3.8) is 0 Å². The number of hydrogen-bond acceptors (Lipinski definition) is 7. The first-order valence-corrected chi connectivity index (χ1v) is 13.9. The average Bonchev–Trinajstić information content (AvgIpc) is 3.36. The van der Waals surface area contributed by atoms with Gasteiger partial charge in [0.2, 0.25) is 0 Å². The van der Waals surface area contributed by atoms with Crippen molar-refractivity contribution in [2.45, 2.75) is 94.1 Å². The molecule has 0 N–H and O–H groups in total. The predicted octanol–water partition coefficient (Wildman–Crippen LogP) is 6.43. The standard InChI is InChI=1S/C25H35NO4S2/c1-17(27)29-22-11-10-19-9-6-13-25(2,15-18-7-4-3-5-8-18)30-23(28)21-16-32-24(26-21)31-14-12-20(19)22/h6,9,16,18-20,22H,3-5,7-8,10-15H2,1-2H3/b9-6+/t19-,20+,22-,25-/m0/s1. The number of carbonyl (C=O) groups is 2. The van der Waals surface area contributed by atoms with Crippen LogP contribution >= 0.6 is 23.1 Å². The van der Waals surface area contributed by atoms with Crippen molar-refractivity contribution in [2.75, 3.05) is 5.75 Å². The van der Waals surface area contributed by atoms with E-state index in [0.717, 1.165) is 35.8 Å². The summed E-state index contributed by atoms with van der Waals surface area (Å²) in [6.07, 6.45) is 15.4. The summed E-state index contributed by atoms with van der Waals surface area (Å²) in [5.41, 5.74) is -0.107. The Bertz CT molecular complexity index is 832. The Balaban J connectivity index is 1.55. The molecular formula is C25H35NO4S2. The zero-order chi connectivity index (χ0) is 22.6. The van der Waals surface area contributed by atoms with E-state index in [9.17, 15) is 9.59 Å². The molecule has 176 valence electrons. The summed E-state index contributed by atoms with van der Waals surface area (Å²) < 4.78 is 12.7. The van der Waals surface area contributed by atoms with Crippen LogP contribution < -0.4 is 0 Å². The minimum absolute atomic E-state index is 0.00559. The van der Waals surface area contributed by atoms with Crippen molar-refractivity contribution in [1.29, 1.82) is 0 Å². The molecule has 2 bridgehead atoms. The van der Waals surface area contributed by atoms with Gasteiger partial charge in [-0.2, -0.15) is 0 Å². The highest BCUT2D eigenvalue weighted by Gasteiger charge is 2.37. The van der Waals surface area contributed by atoms with Crippen LogP contribution in [0.1, 0.15) is 88.5 Å². The lowest BCUT2D eigenvalue weighted by molar-refractivity contribution is -0.148. The molecule has 0 spiro atoms. The third-order valence-corrected chi connectivity index (χ3v) is 9.27. The van der Waals surface area contributed by atoms with Gasteiger partial charge in [-0.05, 0) is 44.4 Å². The number of rotatable bonds is 3. The van der Waals surface area contributed by atoms with Crippen molar-refractivity contribution in [1.82, 2.24) is 4.98 Å². The Kier molecular flexibility index (Phi) is 7.98. The normalized spacial score (nSPS) is 33.1. The number of hydrogen-bond donors (Lipinski definition) is 0. The van der Waals surface area contributed by atoms with Gasteiger partial charge in [0, 0.05) is 30.4 Å². The van der Waals surface area contributed by atoms with Gasteiger partial charge in [0.1, 0.15) is 11.7 Å². The van der Waals surface area contributed by atoms with Crippen LogP contribution in [0.5, 0.6) is 0 Å². The second kappa shape index (κ2) is 10.7. The Labute approximate surface area is 199 Å². The van der Waals surface area contributed by atoms with Crippen molar-refractivity contribution < 1.29 is 19.1 Å². The number of thiazole rings is 1. The first-order valence-electron chi connectivity index (χ1n) is 12.1. The second-order valence-corrected chi connectivity index (χ2v) is 12.1. The van der Waals surface area contributed by atoms with Crippen LogP contribution in [-0.4, -0.2) is 34.4 Å². The molecule has 4 rings (SSSR count). The summed E-state index contributed by atoms with van der Waals surface area (Å²) in [7, 11) is 0. The fraction of sp³-hybridized carbons (Fsp3) is 0.720. The van der Waals surface area contributed by atoms with Gasteiger partial charge >= 0.3 is 11.9 Å². The molecule has 7 heteroatoms. The van der Waals surface area contributed by atoms with Gasteiger partial charge in [0.25, 0.3) is 0 Å². The average molecular weight is 478 g/mol. The van der Waals surface area contributed by atoms with E-state index < -0.39 is 5.60 Å². The number of nitrogens with zero attached hydrogens (tertiary/aromatic N) is 1. The van der Waals surface area contributed by atoms with Crippen LogP contribution in [0.4, 0.5) is 0 Å². The number of fused-ring (bicyclic) bond motifs is 3. The largest absolute Gasteiger partial charge is 0.462 e. The van der Waals surface area contributed by atoms with Gasteiger partial charge in [0.05, 0.1) is 0 Å². The highest BCUT2D eigenvalue weighted by atomic mass is 32.2. The minimum atomic E-state index is -0.528. The molecule has 2 aliphatic carbocycles. The molecule has 0 aromatic carbocycles. The molecule has 0 amide bonds. The molecule has 2 saturated carbocycles. The third kappa shape index (κ3) is 6.16. The van der Waals surface area contributed by atoms with E-state index in [1.165, 1.54) is 50.4 Å². The van der Waals surface area contributed by atoms with E-state index in [0.29, 0.717) is 29.9 Å². The lowest BCUT2D eigenvalue weighted by Gasteiger charge is -2.34. The first kappa shape index (κ1) is 23.8. The van der Waals surface area contributed by atoms with Crippen molar-refractivity contribution in [3.8, 4) is 0 Å². The zero-order valence-corrected chi connectivity index (χ0v) is 20.8. The van der Waals surface area contributed by atoms with Crippen LogP contribution in [-0.2, 0) is 14.3 Å². The third-order valence-electron chi connectivity index (χ3n) is 7.22. The maximum atomic E-state index is 12.9. The fourth-order valence-corrected chi connectivity index (χ4v) is 7.60. The maximum Gasteiger partial charge on any atom is 0.358 e. The topological polar surface area (TPSA) is 65.5 Å². The van der Waals surface area contributed by atoms with Gasteiger partial charge in [-0.15, -0.1) is 11.3 Å². The van der Waals surface area contributed by atoms with Gasteiger partial charge in [-0.3, -0.25) is 4.79 Å². The number of carbonyl (C=O) groups excluding carboxylic acids is 2. The molecule has 2 heterocycles. The van der Waals surface area contributed by atoms with E-state index in [-0.39, 0.29) is 18.0 Å². The summed E-state index contributed by atoms with van der Waals surface area (Å²) >= 11 is 3.19. The number of aromatic nitrogens is 1. The molecule has 5 nitrogen and oxygen atoms in total. The first-order chi connectivity index (χ1) is 15.4. The zero-order valence-electron chi connectivity index (χ0n) is 19.2. The van der Waals surface area contributed by atoms with Gasteiger partial charge in [0.15, 0.2) is 10.0 Å². The highest BCUT2D eigenvalue weighted by molar-refractivity contribution is 8.01. The molecular weight excluding hydrogens is 442 g/mol. The van der Waals surface area contributed by atoms with Gasteiger partial charge < -0.3 is 9.47 Å². The van der Waals surface area contributed by atoms with E-state index >= 15 is 0 Å². The Hall–Kier alpha value is -1.34. The number of thioether (sulfide) groups is 1. The monoisotopic (exact) mass is 477 g/mol. The summed E-state index contributed by atoms with van der Waals surface area (Å²) in [4.78, 5) is 29.1.